The largest absolute Gasteiger partial charge is 0.353 e. The molecule has 2 aliphatic heterocycles. The standard InChI is InChI=1S/C17H25N3O2S/c1-12(2)16-17(22)18-6-9-19(16)8-4-15(21)20-7-3-14-13(11-20)5-10-23-14/h5,10,12,16H,3-4,6-9,11H2,1-2H3,(H,18,22)/t16-/m0/s1. The molecule has 0 radical (unpaired) electrons. The lowest BCUT2D eigenvalue weighted by molar-refractivity contribution is -0.135. The van der Waals surface area contributed by atoms with Crippen LogP contribution < -0.4 is 5.32 Å². The molecular formula is C17H25N3O2S. The lowest BCUT2D eigenvalue weighted by Crippen LogP contribution is -2.57. The predicted molar refractivity (Wildman–Crippen MR) is 91.3 cm³/mol. The minimum Gasteiger partial charge on any atom is -0.353 e. The van der Waals surface area contributed by atoms with E-state index >= 15 is 0 Å². The van der Waals surface area contributed by atoms with Gasteiger partial charge in [-0.1, -0.05) is 13.8 Å². The topological polar surface area (TPSA) is 52.7 Å². The highest BCUT2D eigenvalue weighted by molar-refractivity contribution is 7.10. The zero-order valence-corrected chi connectivity index (χ0v) is 14.7. The van der Waals surface area contributed by atoms with Crippen LogP contribution in [0.1, 0.15) is 30.7 Å². The molecule has 1 aromatic rings. The SMILES string of the molecule is CC(C)[C@H]1C(=O)NCCN1CCC(=O)N1CCc2sccc2C1. The van der Waals surface area contributed by atoms with E-state index in [4.69, 9.17) is 0 Å². The van der Waals surface area contributed by atoms with Gasteiger partial charge in [0.1, 0.15) is 0 Å². The van der Waals surface area contributed by atoms with E-state index in [1.165, 1.54) is 10.4 Å². The number of amides is 2. The van der Waals surface area contributed by atoms with Crippen molar-refractivity contribution in [3.8, 4) is 0 Å². The number of nitrogens with one attached hydrogen (secondary N) is 1. The Labute approximate surface area is 141 Å². The van der Waals surface area contributed by atoms with Gasteiger partial charge >= 0.3 is 0 Å². The first-order valence-corrected chi connectivity index (χ1v) is 9.29. The third-order valence-electron chi connectivity index (χ3n) is 4.77. The minimum atomic E-state index is -0.110. The van der Waals surface area contributed by atoms with Gasteiger partial charge in [0.2, 0.25) is 11.8 Å². The Morgan fingerprint density at radius 1 is 1.43 bits per heavy atom. The zero-order valence-electron chi connectivity index (χ0n) is 13.9. The summed E-state index contributed by atoms with van der Waals surface area (Å²) < 4.78 is 0. The maximum Gasteiger partial charge on any atom is 0.237 e. The van der Waals surface area contributed by atoms with Gasteiger partial charge in [-0.3, -0.25) is 14.5 Å². The molecule has 0 saturated carbocycles. The number of carbonyl (C=O) groups is 2. The van der Waals surface area contributed by atoms with Crippen molar-refractivity contribution in [1.29, 1.82) is 0 Å². The lowest BCUT2D eigenvalue weighted by Gasteiger charge is -2.37. The van der Waals surface area contributed by atoms with Crippen molar-refractivity contribution >= 4 is 23.2 Å². The van der Waals surface area contributed by atoms with Crippen LogP contribution in [0.3, 0.4) is 0 Å². The normalized spacial score (nSPS) is 22.1. The Kier molecular flexibility index (Phi) is 5.02. The Morgan fingerprint density at radius 3 is 3.04 bits per heavy atom. The average Bonchev–Trinajstić information content (AvgIpc) is 2.99. The summed E-state index contributed by atoms with van der Waals surface area (Å²) in [6.45, 7) is 7.86. The van der Waals surface area contributed by atoms with Gasteiger partial charge in [0.05, 0.1) is 6.04 Å². The summed E-state index contributed by atoms with van der Waals surface area (Å²) in [6.07, 6.45) is 1.47. The van der Waals surface area contributed by atoms with Crippen molar-refractivity contribution in [2.75, 3.05) is 26.2 Å². The Hall–Kier alpha value is -1.40. The quantitative estimate of drug-likeness (QED) is 0.907. The molecule has 0 unspecified atom stereocenters. The van der Waals surface area contributed by atoms with Gasteiger partial charge in [-0.15, -0.1) is 11.3 Å². The Bertz CT molecular complexity index is 584. The van der Waals surface area contributed by atoms with Gasteiger partial charge in [-0.2, -0.15) is 0 Å². The molecule has 1 fully saturated rings. The number of hydrogen-bond acceptors (Lipinski definition) is 4. The molecule has 126 valence electrons. The van der Waals surface area contributed by atoms with E-state index in [1.807, 2.05) is 4.90 Å². The number of thiophene rings is 1. The van der Waals surface area contributed by atoms with Crippen molar-refractivity contribution in [1.82, 2.24) is 15.1 Å². The lowest BCUT2D eigenvalue weighted by atomic mass is 9.99. The second-order valence-corrected chi connectivity index (χ2v) is 7.70. The molecule has 2 aliphatic rings. The molecule has 1 aromatic heterocycles. The van der Waals surface area contributed by atoms with Crippen molar-refractivity contribution in [3.63, 3.8) is 0 Å². The average molecular weight is 335 g/mol. The van der Waals surface area contributed by atoms with Gasteiger partial charge in [0, 0.05) is 44.0 Å². The van der Waals surface area contributed by atoms with Crippen LogP contribution in [0.25, 0.3) is 0 Å². The smallest absolute Gasteiger partial charge is 0.237 e. The van der Waals surface area contributed by atoms with E-state index in [0.29, 0.717) is 19.5 Å². The van der Waals surface area contributed by atoms with Crippen LogP contribution in [0.4, 0.5) is 0 Å². The number of rotatable bonds is 4. The molecule has 3 rings (SSSR count). The van der Waals surface area contributed by atoms with Gasteiger partial charge in [0.15, 0.2) is 0 Å². The van der Waals surface area contributed by atoms with Crippen LogP contribution in [0.5, 0.6) is 0 Å². The van der Waals surface area contributed by atoms with Crippen LogP contribution in [-0.4, -0.2) is 53.8 Å². The summed E-state index contributed by atoms with van der Waals surface area (Å²) in [4.78, 5) is 30.1. The molecule has 3 heterocycles. The Morgan fingerprint density at radius 2 is 2.26 bits per heavy atom. The molecule has 1 N–H and O–H groups in total. The van der Waals surface area contributed by atoms with Crippen molar-refractivity contribution in [2.45, 2.75) is 39.3 Å². The summed E-state index contributed by atoms with van der Waals surface area (Å²) in [5.74, 6) is 0.559. The molecule has 23 heavy (non-hydrogen) atoms. The predicted octanol–water partition coefficient (Wildman–Crippen LogP) is 1.48. The summed E-state index contributed by atoms with van der Waals surface area (Å²) in [7, 11) is 0. The number of carbonyl (C=O) groups excluding carboxylic acids is 2. The molecule has 5 nitrogen and oxygen atoms in total. The first-order valence-electron chi connectivity index (χ1n) is 8.41. The van der Waals surface area contributed by atoms with Crippen LogP contribution >= 0.6 is 11.3 Å². The van der Waals surface area contributed by atoms with E-state index < -0.39 is 0 Å². The summed E-state index contributed by atoms with van der Waals surface area (Å²) >= 11 is 1.79. The van der Waals surface area contributed by atoms with Crippen LogP contribution in [0.2, 0.25) is 0 Å². The molecule has 0 aromatic carbocycles. The second-order valence-electron chi connectivity index (χ2n) is 6.70. The number of piperazine rings is 1. The van der Waals surface area contributed by atoms with Crippen LogP contribution in [0.15, 0.2) is 11.4 Å². The molecule has 0 bridgehead atoms. The number of hydrogen-bond donors (Lipinski definition) is 1. The first-order chi connectivity index (χ1) is 11.1. The first kappa shape index (κ1) is 16.5. The number of nitrogens with zero attached hydrogens (tertiary/aromatic N) is 2. The molecule has 2 amide bonds. The molecule has 1 atom stereocenters. The zero-order chi connectivity index (χ0) is 16.4. The van der Waals surface area contributed by atoms with Gasteiger partial charge in [-0.05, 0) is 29.3 Å². The highest BCUT2D eigenvalue weighted by Gasteiger charge is 2.32. The fourth-order valence-electron chi connectivity index (χ4n) is 3.57. The highest BCUT2D eigenvalue weighted by Crippen LogP contribution is 2.24. The van der Waals surface area contributed by atoms with Crippen molar-refractivity contribution < 1.29 is 9.59 Å². The third-order valence-corrected chi connectivity index (χ3v) is 5.79. The van der Waals surface area contributed by atoms with E-state index in [2.05, 4.69) is 35.5 Å². The van der Waals surface area contributed by atoms with Crippen LogP contribution in [-0.2, 0) is 22.6 Å². The molecule has 1 saturated heterocycles. The number of fused-ring (bicyclic) bond motifs is 1. The van der Waals surface area contributed by atoms with E-state index in [1.54, 1.807) is 11.3 Å². The summed E-state index contributed by atoms with van der Waals surface area (Å²) in [5.41, 5.74) is 1.30. The van der Waals surface area contributed by atoms with Crippen molar-refractivity contribution in [2.24, 2.45) is 5.92 Å². The molecule has 6 heteroatoms. The summed E-state index contributed by atoms with van der Waals surface area (Å²) in [6, 6.07) is 2.02. The molecule has 0 aliphatic carbocycles. The van der Waals surface area contributed by atoms with Gasteiger partial charge in [-0.25, -0.2) is 0 Å². The fraction of sp³-hybridized carbons (Fsp3) is 0.647. The minimum absolute atomic E-state index is 0.0968. The van der Waals surface area contributed by atoms with E-state index in [9.17, 15) is 9.59 Å². The molecule has 0 spiro atoms. The highest BCUT2D eigenvalue weighted by atomic mass is 32.1. The second kappa shape index (κ2) is 7.01. The third kappa shape index (κ3) is 3.58. The molecular weight excluding hydrogens is 310 g/mol. The van der Waals surface area contributed by atoms with Gasteiger partial charge in [0.25, 0.3) is 0 Å². The fourth-order valence-corrected chi connectivity index (χ4v) is 4.46. The maximum absolute atomic E-state index is 12.5. The van der Waals surface area contributed by atoms with E-state index in [-0.39, 0.29) is 23.8 Å². The Balaban J connectivity index is 1.55. The maximum atomic E-state index is 12.5. The van der Waals surface area contributed by atoms with Crippen molar-refractivity contribution in [3.05, 3.63) is 21.9 Å². The van der Waals surface area contributed by atoms with E-state index in [0.717, 1.165) is 26.1 Å². The van der Waals surface area contributed by atoms with Gasteiger partial charge < -0.3 is 10.2 Å². The van der Waals surface area contributed by atoms with Crippen LogP contribution in [0, 0.1) is 5.92 Å². The summed E-state index contributed by atoms with van der Waals surface area (Å²) in [5, 5.41) is 5.04. The monoisotopic (exact) mass is 335 g/mol.